The number of rotatable bonds is 9. The van der Waals surface area contributed by atoms with Crippen LogP contribution < -0.4 is 26.2 Å². The molecule has 0 saturated heterocycles. The zero-order valence-electron chi connectivity index (χ0n) is 52.0. The largest absolute Gasteiger partial charge is 0.456 e. The predicted molar refractivity (Wildman–Crippen MR) is 400 cm³/mol. The third-order valence-corrected chi connectivity index (χ3v) is 20.1. The summed E-state index contributed by atoms with van der Waals surface area (Å²) in [5, 5.41) is 6.51. The van der Waals surface area contributed by atoms with Crippen LogP contribution in [0.5, 0.6) is 0 Å². The van der Waals surface area contributed by atoms with Crippen LogP contribution in [0.15, 0.2) is 347 Å². The van der Waals surface area contributed by atoms with E-state index < -0.39 is 0 Å². The Morgan fingerprint density at radius 3 is 0.990 bits per heavy atom. The van der Waals surface area contributed by atoms with E-state index in [1.54, 1.807) is 0 Å². The molecule has 0 atom stereocenters. The Hall–Kier alpha value is -12.6. The van der Waals surface area contributed by atoms with E-state index in [9.17, 15) is 0 Å². The van der Waals surface area contributed by atoms with Crippen molar-refractivity contribution in [2.45, 2.75) is 0 Å². The molecule has 5 nitrogen and oxygen atoms in total. The summed E-state index contributed by atoms with van der Waals surface area (Å²) >= 11 is 0. The lowest BCUT2D eigenvalue weighted by Gasteiger charge is -2.46. The van der Waals surface area contributed by atoms with Crippen molar-refractivity contribution in [2.75, 3.05) is 9.80 Å². The van der Waals surface area contributed by atoms with Gasteiger partial charge < -0.3 is 23.1 Å². The number of furan rings is 3. The zero-order chi connectivity index (χ0) is 63.0. The third-order valence-electron chi connectivity index (χ3n) is 20.1. The summed E-state index contributed by atoms with van der Waals surface area (Å²) < 4.78 is 20.5. The maximum absolute atomic E-state index is 6.95. The SMILES string of the molecule is c1ccc(-c2cccc(-c3ccccc3)c2N2c3ccc(-c4cccc5c4oc4ccccc45)cc3B3c4cc(-c5cccc6c5oc5ccccc56)ccc4N(c4c(-c5ccccc5)cccc4-c4ccccc4)c4cc(-c5ccc6oc7ccccc7c6c5)cc2c43)cc1. The summed E-state index contributed by atoms with van der Waals surface area (Å²) in [6, 6.07) is 122. The van der Waals surface area contributed by atoms with Gasteiger partial charge in [0.25, 0.3) is 6.71 Å². The Labute approximate surface area is 554 Å². The second kappa shape index (κ2) is 21.5. The number of anilines is 6. The monoisotopic (exact) mass is 1220 g/mol. The molecule has 3 aromatic heterocycles. The van der Waals surface area contributed by atoms with Crippen molar-refractivity contribution in [1.82, 2.24) is 0 Å². The number of fused-ring (bicyclic) bond motifs is 13. The molecule has 20 rings (SSSR count). The fourth-order valence-electron chi connectivity index (χ4n) is 15.8. The molecule has 0 spiro atoms. The van der Waals surface area contributed by atoms with Crippen molar-refractivity contribution >= 4 is 123 Å². The van der Waals surface area contributed by atoms with Gasteiger partial charge in [0.1, 0.15) is 33.5 Å². The number of hydrogen-bond donors (Lipinski definition) is 0. The van der Waals surface area contributed by atoms with Gasteiger partial charge in [-0.05, 0) is 115 Å². The summed E-state index contributed by atoms with van der Waals surface area (Å²) in [6.45, 7) is -0.334. The Bertz CT molecular complexity index is 5740. The van der Waals surface area contributed by atoms with Crippen LogP contribution in [0.3, 0.4) is 0 Å². The normalized spacial score (nSPS) is 12.5. The molecule has 15 aromatic carbocycles. The third kappa shape index (κ3) is 8.32. The lowest BCUT2D eigenvalue weighted by molar-refractivity contribution is 0.669. The Kier molecular flexibility index (Phi) is 12.1. The van der Waals surface area contributed by atoms with E-state index in [-0.39, 0.29) is 6.71 Å². The van der Waals surface area contributed by atoms with Gasteiger partial charge >= 0.3 is 0 Å². The average molecular weight is 1220 g/mol. The van der Waals surface area contributed by atoms with Gasteiger partial charge in [-0.1, -0.05) is 279 Å². The topological polar surface area (TPSA) is 45.9 Å². The molecule has 0 radical (unpaired) electrons. The molecular weight excluding hydrogens is 1170 g/mol. The van der Waals surface area contributed by atoms with Gasteiger partial charge in [0.2, 0.25) is 0 Å². The van der Waals surface area contributed by atoms with Gasteiger partial charge in [-0.2, -0.15) is 0 Å². The molecule has 0 saturated carbocycles. The quantitative estimate of drug-likeness (QED) is 0.135. The second-order valence-corrected chi connectivity index (χ2v) is 25.3. The molecule has 2 aliphatic rings. The predicted octanol–water partition coefficient (Wildman–Crippen LogP) is 23.1. The first-order chi connectivity index (χ1) is 47.6. The first kappa shape index (κ1) is 54.0. The summed E-state index contributed by atoms with van der Waals surface area (Å²) in [7, 11) is 0. The van der Waals surface area contributed by atoms with Crippen molar-refractivity contribution < 1.29 is 13.3 Å². The molecule has 2 aliphatic heterocycles. The minimum Gasteiger partial charge on any atom is -0.456 e. The maximum atomic E-state index is 6.95. The Balaban J connectivity index is 0.963. The highest BCUT2D eigenvalue weighted by Crippen LogP contribution is 2.55. The van der Waals surface area contributed by atoms with Crippen LogP contribution in [0.4, 0.5) is 34.1 Å². The van der Waals surface area contributed by atoms with E-state index in [1.807, 2.05) is 6.07 Å². The molecular formula is C90H55BN2O3. The van der Waals surface area contributed by atoms with E-state index in [4.69, 9.17) is 13.3 Å². The zero-order valence-corrected chi connectivity index (χ0v) is 52.0. The van der Waals surface area contributed by atoms with Crippen LogP contribution in [0, 0.1) is 0 Å². The van der Waals surface area contributed by atoms with Gasteiger partial charge in [-0.3, -0.25) is 0 Å². The number of para-hydroxylation sites is 7. The van der Waals surface area contributed by atoms with Crippen LogP contribution in [0.1, 0.15) is 0 Å². The maximum Gasteiger partial charge on any atom is 0.252 e. The van der Waals surface area contributed by atoms with Crippen LogP contribution >= 0.6 is 0 Å². The summed E-state index contributed by atoms with van der Waals surface area (Å²) in [6.07, 6.45) is 0. The van der Waals surface area contributed by atoms with Crippen LogP contribution in [-0.2, 0) is 0 Å². The van der Waals surface area contributed by atoms with E-state index >= 15 is 0 Å². The summed E-state index contributed by atoms with van der Waals surface area (Å²) in [5.41, 5.74) is 30.3. The van der Waals surface area contributed by atoms with Crippen LogP contribution in [-0.4, -0.2) is 6.71 Å². The van der Waals surface area contributed by atoms with Crippen molar-refractivity contribution in [2.24, 2.45) is 0 Å². The first-order valence-corrected chi connectivity index (χ1v) is 32.9. The van der Waals surface area contributed by atoms with Gasteiger partial charge in [-0.25, -0.2) is 0 Å². The fraction of sp³-hybridized carbons (Fsp3) is 0. The van der Waals surface area contributed by atoms with Gasteiger partial charge in [-0.15, -0.1) is 0 Å². The highest BCUT2D eigenvalue weighted by Gasteiger charge is 2.46. The molecule has 0 unspecified atom stereocenters. The lowest BCUT2D eigenvalue weighted by Crippen LogP contribution is -2.61. The van der Waals surface area contributed by atoms with Gasteiger partial charge in [0.15, 0.2) is 0 Å². The minimum absolute atomic E-state index is 0.334. The van der Waals surface area contributed by atoms with Gasteiger partial charge in [0.05, 0.1) is 11.4 Å². The average Bonchev–Trinajstić information content (AvgIpc) is 0.856. The Morgan fingerprint density at radius 1 is 0.208 bits per heavy atom. The lowest BCUT2D eigenvalue weighted by atomic mass is 9.33. The molecule has 0 fully saturated rings. The molecule has 446 valence electrons. The first-order valence-electron chi connectivity index (χ1n) is 32.9. The molecule has 0 N–H and O–H groups in total. The number of nitrogens with zero attached hydrogens (tertiary/aromatic N) is 2. The van der Waals surface area contributed by atoms with Gasteiger partial charge in [0, 0.05) is 88.4 Å². The summed E-state index contributed by atoms with van der Waals surface area (Å²) in [4.78, 5) is 5.25. The summed E-state index contributed by atoms with van der Waals surface area (Å²) in [5.74, 6) is 0. The second-order valence-electron chi connectivity index (χ2n) is 25.3. The number of hydrogen-bond acceptors (Lipinski definition) is 5. The smallest absolute Gasteiger partial charge is 0.252 e. The van der Waals surface area contributed by atoms with Crippen molar-refractivity contribution in [1.29, 1.82) is 0 Å². The van der Waals surface area contributed by atoms with E-state index in [0.717, 1.165) is 189 Å². The highest BCUT2D eigenvalue weighted by atomic mass is 16.3. The standard InChI is InChI=1S/C90H55BN2O3/c1-5-23-56(24-6-1)64-34-19-35-65(57-25-7-2-8-26-57)87(64)92-78-48-45-61(68-38-21-40-73-70-31-13-17-43-83(70)95-89(68)73)52-76(78)91-77-53-62(69-39-22-41-74-71-32-14-18-44-84(71)96-90(69)74)46-49-79(77)93(88-66(58-27-9-3-10-28-58)36-20-37-67(88)59-29-11-4-12-30-59)81-55-63(54-80(92)86(81)91)60-47-50-85-75(51-60)72-33-15-16-42-82(72)94-85/h1-55H. The molecule has 0 amide bonds. The molecule has 6 heteroatoms. The van der Waals surface area contributed by atoms with E-state index in [1.165, 1.54) is 5.46 Å². The van der Waals surface area contributed by atoms with E-state index in [0.29, 0.717) is 0 Å². The highest BCUT2D eigenvalue weighted by molar-refractivity contribution is 7.00. The Morgan fingerprint density at radius 2 is 0.552 bits per heavy atom. The molecule has 5 heterocycles. The molecule has 96 heavy (non-hydrogen) atoms. The van der Waals surface area contributed by atoms with Crippen molar-refractivity contribution in [3.63, 3.8) is 0 Å². The molecule has 0 bridgehead atoms. The van der Waals surface area contributed by atoms with Crippen LogP contribution in [0.25, 0.3) is 144 Å². The van der Waals surface area contributed by atoms with Crippen LogP contribution in [0.2, 0.25) is 0 Å². The van der Waals surface area contributed by atoms with Crippen molar-refractivity contribution in [3.8, 4) is 77.9 Å². The van der Waals surface area contributed by atoms with E-state index in [2.05, 4.69) is 337 Å². The molecule has 18 aromatic rings. The number of benzene rings is 15. The fourth-order valence-corrected chi connectivity index (χ4v) is 15.8. The minimum atomic E-state index is -0.334. The van der Waals surface area contributed by atoms with Crippen molar-refractivity contribution in [3.05, 3.63) is 334 Å². The molecule has 0 aliphatic carbocycles.